The van der Waals surface area contributed by atoms with Crippen LogP contribution in [0.25, 0.3) is 17.1 Å². The molecule has 2 unspecified atom stereocenters. The van der Waals surface area contributed by atoms with E-state index in [1.54, 1.807) is 18.5 Å². The van der Waals surface area contributed by atoms with Crippen molar-refractivity contribution in [3.05, 3.63) is 41.9 Å². The van der Waals surface area contributed by atoms with Crippen LogP contribution in [-0.2, 0) is 4.79 Å². The molecule has 0 spiro atoms. The number of aliphatic hydroxyl groups is 1. The van der Waals surface area contributed by atoms with E-state index in [1.807, 2.05) is 18.2 Å². The maximum atomic E-state index is 12.5. The molecule has 7 heteroatoms. The summed E-state index contributed by atoms with van der Waals surface area (Å²) in [5.74, 6) is 1.42. The quantitative estimate of drug-likeness (QED) is 0.684. The molecule has 5 aliphatic rings. The third-order valence-corrected chi connectivity index (χ3v) is 6.88. The number of amides is 1. The fourth-order valence-corrected chi connectivity index (χ4v) is 6.32. The molecule has 0 radical (unpaired) electrons. The molecule has 1 aromatic heterocycles. The van der Waals surface area contributed by atoms with Gasteiger partial charge in [0.1, 0.15) is 5.70 Å². The number of fused-ring (bicyclic) bond motifs is 1. The van der Waals surface area contributed by atoms with Crippen LogP contribution in [0.15, 0.2) is 41.3 Å². The Morgan fingerprint density at radius 2 is 1.83 bits per heavy atom. The largest absolute Gasteiger partial charge is 0.390 e. The number of guanidine groups is 1. The van der Waals surface area contributed by atoms with Crippen molar-refractivity contribution < 1.29 is 9.90 Å². The number of benzene rings is 1. The van der Waals surface area contributed by atoms with Crippen LogP contribution in [0.5, 0.6) is 0 Å². The van der Waals surface area contributed by atoms with Gasteiger partial charge in [-0.15, -0.1) is 0 Å². The maximum Gasteiger partial charge on any atom is 0.274 e. The lowest BCUT2D eigenvalue weighted by atomic mass is 9.51. The molecule has 2 atom stereocenters. The van der Waals surface area contributed by atoms with E-state index in [2.05, 4.69) is 20.6 Å². The Balaban J connectivity index is 1.28. The summed E-state index contributed by atoms with van der Waals surface area (Å²) in [7, 11) is 0. The molecule has 1 saturated heterocycles. The molecule has 2 aromatic rings. The van der Waals surface area contributed by atoms with Crippen LogP contribution in [0, 0.1) is 11.8 Å². The summed E-state index contributed by atoms with van der Waals surface area (Å²) in [6.07, 6.45) is 10.9. The lowest BCUT2D eigenvalue weighted by Crippen LogP contribution is -2.58. The first-order valence-corrected chi connectivity index (χ1v) is 10.3. The van der Waals surface area contributed by atoms with Gasteiger partial charge in [-0.25, -0.2) is 4.99 Å². The zero-order valence-electron chi connectivity index (χ0n) is 16.1. The highest BCUT2D eigenvalue weighted by molar-refractivity contribution is 6.15. The monoisotopic (exact) mass is 389 g/mol. The lowest BCUT2D eigenvalue weighted by molar-refractivity contribution is -0.132. The number of carbonyl (C=O) groups excluding carboxylic acids is 1. The van der Waals surface area contributed by atoms with E-state index in [-0.39, 0.29) is 11.4 Å². The van der Waals surface area contributed by atoms with Crippen molar-refractivity contribution in [2.75, 3.05) is 0 Å². The first-order chi connectivity index (χ1) is 14.0. The van der Waals surface area contributed by atoms with Crippen molar-refractivity contribution >= 4 is 29.0 Å². The summed E-state index contributed by atoms with van der Waals surface area (Å²) in [5, 5.41) is 17.0. The fourth-order valence-electron chi connectivity index (χ4n) is 6.32. The highest BCUT2D eigenvalue weighted by Gasteiger charge is 2.57. The van der Waals surface area contributed by atoms with Crippen LogP contribution in [0.4, 0.5) is 0 Å². The zero-order chi connectivity index (χ0) is 19.6. The highest BCUT2D eigenvalue weighted by Crippen LogP contribution is 2.58. The van der Waals surface area contributed by atoms with Crippen LogP contribution in [-0.4, -0.2) is 38.1 Å². The molecule has 7 rings (SSSR count). The van der Waals surface area contributed by atoms with E-state index in [1.165, 1.54) is 6.42 Å². The number of nitrogens with zero attached hydrogens (tertiary/aromatic N) is 3. The van der Waals surface area contributed by atoms with E-state index in [0.29, 0.717) is 29.9 Å². The van der Waals surface area contributed by atoms with Gasteiger partial charge in [0.15, 0.2) is 0 Å². The molecule has 4 aliphatic carbocycles. The van der Waals surface area contributed by atoms with Crippen molar-refractivity contribution in [3.63, 3.8) is 0 Å². The molecule has 2 heterocycles. The van der Waals surface area contributed by atoms with Gasteiger partial charge >= 0.3 is 0 Å². The normalized spacial score (nSPS) is 38.0. The van der Waals surface area contributed by atoms with Crippen molar-refractivity contribution in [1.29, 1.82) is 0 Å². The molecule has 1 aliphatic heterocycles. The van der Waals surface area contributed by atoms with Gasteiger partial charge in [0.05, 0.1) is 22.2 Å². The van der Waals surface area contributed by atoms with Gasteiger partial charge in [0, 0.05) is 18.8 Å². The Morgan fingerprint density at radius 3 is 2.59 bits per heavy atom. The van der Waals surface area contributed by atoms with Crippen LogP contribution < -0.4 is 10.6 Å². The average molecular weight is 389 g/mol. The highest BCUT2D eigenvalue weighted by atomic mass is 16.3. The molecular weight excluding hydrogens is 366 g/mol. The minimum absolute atomic E-state index is 0.188. The Hall–Kier alpha value is -2.80. The van der Waals surface area contributed by atoms with E-state index >= 15 is 0 Å². The van der Waals surface area contributed by atoms with Gasteiger partial charge in [-0.1, -0.05) is 6.07 Å². The van der Waals surface area contributed by atoms with E-state index in [4.69, 9.17) is 4.99 Å². The fraction of sp³-hybridized carbons (Fsp3) is 0.455. The van der Waals surface area contributed by atoms with Crippen molar-refractivity contribution in [2.45, 2.75) is 49.7 Å². The standard InChI is InChI=1S/C22H23N5O2/c28-19-18(7-13-1-2-16-17(6-13)24-4-3-23-16)25-20(26-19)27-21-8-14-5-15(9-21)11-22(29,10-14)12-21/h1-4,6-7,14-15,29H,5,8-12H2,(H2,25,26,27,28)/b18-7-. The molecular formula is C22H23N5O2. The van der Waals surface area contributed by atoms with Gasteiger partial charge in [-0.05, 0) is 67.7 Å². The number of aromatic nitrogens is 2. The summed E-state index contributed by atoms with van der Waals surface area (Å²) in [5.41, 5.74) is 2.14. The summed E-state index contributed by atoms with van der Waals surface area (Å²) < 4.78 is 0. The van der Waals surface area contributed by atoms with E-state index in [0.717, 1.165) is 42.3 Å². The Bertz CT molecular complexity index is 1080. The van der Waals surface area contributed by atoms with Crippen LogP contribution in [0.3, 0.4) is 0 Å². The van der Waals surface area contributed by atoms with Crippen LogP contribution >= 0.6 is 0 Å². The second kappa shape index (κ2) is 5.86. The van der Waals surface area contributed by atoms with Gasteiger partial charge in [0.25, 0.3) is 5.91 Å². The van der Waals surface area contributed by atoms with Gasteiger partial charge in [-0.2, -0.15) is 0 Å². The van der Waals surface area contributed by atoms with Gasteiger partial charge in [-0.3, -0.25) is 20.1 Å². The van der Waals surface area contributed by atoms with Gasteiger partial charge < -0.3 is 10.4 Å². The number of hydrogen-bond donors (Lipinski definition) is 3. The SMILES string of the molecule is O=C1NC(=NC23CC4CC(CC(O)(C4)C2)C3)N/C1=C\c1ccc2nccnc2c1. The average Bonchev–Trinajstić information content (AvgIpc) is 2.97. The third kappa shape index (κ3) is 2.92. The Kier molecular flexibility index (Phi) is 3.45. The number of nitrogens with one attached hydrogen (secondary N) is 2. The number of aliphatic imine (C=N–C) groups is 1. The molecule has 29 heavy (non-hydrogen) atoms. The van der Waals surface area contributed by atoms with Crippen molar-refractivity contribution in [1.82, 2.24) is 20.6 Å². The van der Waals surface area contributed by atoms with Crippen LogP contribution in [0.2, 0.25) is 0 Å². The molecule has 3 N–H and O–H groups in total. The number of hydrogen-bond acceptors (Lipinski definition) is 5. The molecule has 5 fully saturated rings. The number of carbonyl (C=O) groups is 1. The summed E-state index contributed by atoms with van der Waals surface area (Å²) in [4.78, 5) is 26.0. The van der Waals surface area contributed by atoms with Crippen molar-refractivity contribution in [3.8, 4) is 0 Å². The zero-order valence-corrected chi connectivity index (χ0v) is 16.1. The molecule has 4 bridgehead atoms. The molecule has 1 aromatic carbocycles. The van der Waals surface area contributed by atoms with E-state index in [9.17, 15) is 9.90 Å². The minimum atomic E-state index is -0.568. The summed E-state index contributed by atoms with van der Waals surface area (Å²) in [6, 6.07) is 5.73. The molecule has 4 saturated carbocycles. The second-order valence-electron chi connectivity index (χ2n) is 9.31. The summed E-state index contributed by atoms with van der Waals surface area (Å²) >= 11 is 0. The summed E-state index contributed by atoms with van der Waals surface area (Å²) in [6.45, 7) is 0. The lowest BCUT2D eigenvalue weighted by Gasteiger charge is -2.58. The van der Waals surface area contributed by atoms with Gasteiger partial charge in [0.2, 0.25) is 5.96 Å². The topological polar surface area (TPSA) is 99.5 Å². The third-order valence-electron chi connectivity index (χ3n) is 6.88. The molecule has 7 nitrogen and oxygen atoms in total. The predicted octanol–water partition coefficient (Wildman–Crippen LogP) is 2.13. The minimum Gasteiger partial charge on any atom is -0.390 e. The Labute approximate surface area is 168 Å². The first kappa shape index (κ1) is 17.1. The second-order valence-corrected chi connectivity index (χ2v) is 9.31. The molecule has 1 amide bonds. The molecule has 148 valence electrons. The van der Waals surface area contributed by atoms with Crippen LogP contribution in [0.1, 0.15) is 44.1 Å². The van der Waals surface area contributed by atoms with Crippen molar-refractivity contribution in [2.24, 2.45) is 16.8 Å². The van der Waals surface area contributed by atoms with E-state index < -0.39 is 5.60 Å². The smallest absolute Gasteiger partial charge is 0.274 e. The number of rotatable bonds is 2. The predicted molar refractivity (Wildman–Crippen MR) is 109 cm³/mol. The first-order valence-electron chi connectivity index (χ1n) is 10.3. The maximum absolute atomic E-state index is 12.5. The Morgan fingerprint density at radius 1 is 1.07 bits per heavy atom.